The number of aromatic carboxylic acids is 2. The Kier molecular flexibility index (Phi) is 11.6. The molecule has 0 aromatic heterocycles. The van der Waals surface area contributed by atoms with Crippen molar-refractivity contribution in [3.05, 3.63) is 99.6 Å². The summed E-state index contributed by atoms with van der Waals surface area (Å²) in [6, 6.07) is 14.0. The lowest BCUT2D eigenvalue weighted by molar-refractivity contribution is 0.0683. The van der Waals surface area contributed by atoms with Gasteiger partial charge in [-0.25, -0.2) is 9.59 Å². The highest BCUT2D eigenvalue weighted by atomic mass is 16.4. The van der Waals surface area contributed by atoms with Crippen molar-refractivity contribution in [1.82, 2.24) is 5.32 Å². The number of amides is 2. The first kappa shape index (κ1) is 32.2. The summed E-state index contributed by atoms with van der Waals surface area (Å²) in [6.07, 6.45) is 0. The van der Waals surface area contributed by atoms with Crippen molar-refractivity contribution in [2.75, 3.05) is 12.4 Å². The molecule has 3 aromatic rings. The molecule has 37 heavy (non-hydrogen) atoms. The second-order valence-corrected chi connectivity index (χ2v) is 7.36. The maximum Gasteiger partial charge on any atom is 0.336 e. The van der Waals surface area contributed by atoms with E-state index in [2.05, 4.69) is 10.6 Å². The normalized spacial score (nSPS) is 9.46. The zero-order valence-electron chi connectivity index (χ0n) is 18.2. The van der Waals surface area contributed by atoms with Crippen LogP contribution in [0.2, 0.25) is 0 Å². The van der Waals surface area contributed by atoms with E-state index < -0.39 is 35.1 Å². The standard InChI is InChI=1S/C25H20N2O7.3CH4/c1-13-3-7-16(8-4-13)27-23(30)18-10-6-15(12-20(18)25(33)34)21(28)14-5-9-17(22(29)26-2)19(11-14)24(31)32;;;/h3-12H,1-2H3,(H,26,29)(H,27,30)(H,31,32)(H,33,34);3*1H4. The minimum absolute atomic E-state index is 0. The molecule has 0 radical (unpaired) electrons. The Morgan fingerprint density at radius 3 is 1.46 bits per heavy atom. The minimum atomic E-state index is -1.41. The first-order chi connectivity index (χ1) is 16.1. The van der Waals surface area contributed by atoms with E-state index in [4.69, 9.17) is 0 Å². The molecule has 0 fully saturated rings. The summed E-state index contributed by atoms with van der Waals surface area (Å²) in [7, 11) is 1.34. The third-order valence-electron chi connectivity index (χ3n) is 5.05. The monoisotopic (exact) mass is 508 g/mol. The summed E-state index contributed by atoms with van der Waals surface area (Å²) in [6.45, 7) is 1.88. The van der Waals surface area contributed by atoms with Crippen molar-refractivity contribution in [2.24, 2.45) is 0 Å². The van der Waals surface area contributed by atoms with E-state index >= 15 is 0 Å². The van der Waals surface area contributed by atoms with Gasteiger partial charge in [0.2, 0.25) is 0 Å². The number of carboxylic acids is 2. The highest BCUT2D eigenvalue weighted by molar-refractivity contribution is 6.15. The molecule has 9 nitrogen and oxygen atoms in total. The van der Waals surface area contributed by atoms with Crippen LogP contribution in [-0.4, -0.2) is 46.8 Å². The first-order valence-corrected chi connectivity index (χ1v) is 10.0. The molecule has 9 heteroatoms. The van der Waals surface area contributed by atoms with Crippen LogP contribution in [0.3, 0.4) is 0 Å². The van der Waals surface area contributed by atoms with Crippen LogP contribution < -0.4 is 10.6 Å². The molecule has 3 rings (SSSR count). The third kappa shape index (κ3) is 7.11. The number of nitrogens with one attached hydrogen (secondary N) is 2. The molecule has 0 unspecified atom stereocenters. The van der Waals surface area contributed by atoms with E-state index in [0.717, 1.165) is 17.7 Å². The number of rotatable bonds is 7. The number of hydrogen-bond donors (Lipinski definition) is 4. The highest BCUT2D eigenvalue weighted by Crippen LogP contribution is 2.20. The van der Waals surface area contributed by atoms with Crippen molar-refractivity contribution >= 4 is 35.2 Å². The largest absolute Gasteiger partial charge is 0.478 e. The Bertz CT molecular complexity index is 1330. The number of ketones is 1. The van der Waals surface area contributed by atoms with Crippen molar-refractivity contribution < 1.29 is 34.2 Å². The van der Waals surface area contributed by atoms with E-state index in [1.807, 2.05) is 6.92 Å². The Balaban J connectivity index is 0.00000432. The van der Waals surface area contributed by atoms with E-state index in [9.17, 15) is 34.2 Å². The SMILES string of the molecule is C.C.C.CNC(=O)c1ccc(C(=O)c2ccc(C(=O)Nc3ccc(C)cc3)c(C(=O)O)c2)cc1C(=O)O. The van der Waals surface area contributed by atoms with Gasteiger partial charge in [0.15, 0.2) is 5.78 Å². The second-order valence-electron chi connectivity index (χ2n) is 7.36. The molecule has 0 saturated heterocycles. The van der Waals surface area contributed by atoms with Gasteiger partial charge in [-0.05, 0) is 43.3 Å². The number of anilines is 1. The summed E-state index contributed by atoms with van der Waals surface area (Å²) in [4.78, 5) is 60.9. The Morgan fingerprint density at radius 1 is 0.622 bits per heavy atom. The smallest absolute Gasteiger partial charge is 0.336 e. The molecule has 0 aliphatic carbocycles. The topological polar surface area (TPSA) is 150 Å². The van der Waals surface area contributed by atoms with Gasteiger partial charge in [0.05, 0.1) is 22.3 Å². The van der Waals surface area contributed by atoms with Gasteiger partial charge < -0.3 is 20.8 Å². The van der Waals surface area contributed by atoms with Crippen LogP contribution in [0.25, 0.3) is 0 Å². The quantitative estimate of drug-likeness (QED) is 0.323. The molecule has 0 saturated carbocycles. The average molecular weight is 509 g/mol. The first-order valence-electron chi connectivity index (χ1n) is 10.0. The molecule has 4 N–H and O–H groups in total. The Morgan fingerprint density at radius 2 is 1.05 bits per heavy atom. The molecule has 0 bridgehead atoms. The maximum atomic E-state index is 13.0. The summed E-state index contributed by atoms with van der Waals surface area (Å²) in [5.41, 5.74) is 0.304. The predicted molar refractivity (Wildman–Crippen MR) is 143 cm³/mol. The van der Waals surface area contributed by atoms with Gasteiger partial charge in [-0.2, -0.15) is 0 Å². The second kappa shape index (κ2) is 13.3. The van der Waals surface area contributed by atoms with E-state index in [1.165, 1.54) is 31.3 Å². The van der Waals surface area contributed by atoms with Crippen LogP contribution >= 0.6 is 0 Å². The van der Waals surface area contributed by atoms with Gasteiger partial charge in [-0.15, -0.1) is 0 Å². The van der Waals surface area contributed by atoms with Crippen LogP contribution in [0.4, 0.5) is 5.69 Å². The van der Waals surface area contributed by atoms with E-state index in [-0.39, 0.29) is 50.1 Å². The molecule has 0 spiro atoms. The summed E-state index contributed by atoms with van der Waals surface area (Å²) in [5.74, 6) is -4.77. The summed E-state index contributed by atoms with van der Waals surface area (Å²) < 4.78 is 0. The minimum Gasteiger partial charge on any atom is -0.478 e. The van der Waals surface area contributed by atoms with Crippen molar-refractivity contribution in [3.63, 3.8) is 0 Å². The third-order valence-corrected chi connectivity index (χ3v) is 5.05. The Hall–Kier alpha value is -4.79. The van der Waals surface area contributed by atoms with Crippen molar-refractivity contribution in [1.29, 1.82) is 0 Å². The Labute approximate surface area is 216 Å². The summed E-state index contributed by atoms with van der Waals surface area (Å²) >= 11 is 0. The molecular weight excluding hydrogens is 476 g/mol. The number of carbonyl (C=O) groups excluding carboxylic acids is 3. The van der Waals surface area contributed by atoms with Gasteiger partial charge in [0.25, 0.3) is 11.8 Å². The van der Waals surface area contributed by atoms with Gasteiger partial charge in [-0.1, -0.05) is 52.1 Å². The molecule has 0 aliphatic heterocycles. The van der Waals surface area contributed by atoms with Gasteiger partial charge in [0, 0.05) is 23.9 Å². The molecule has 0 atom stereocenters. The van der Waals surface area contributed by atoms with E-state index in [0.29, 0.717) is 5.69 Å². The van der Waals surface area contributed by atoms with Gasteiger partial charge in [0.1, 0.15) is 0 Å². The molecule has 0 aliphatic rings. The van der Waals surface area contributed by atoms with E-state index in [1.54, 1.807) is 24.3 Å². The highest BCUT2D eigenvalue weighted by Gasteiger charge is 2.22. The number of aryl methyl sites for hydroxylation is 1. The number of carboxylic acid groups (broad SMARTS) is 2. The fourth-order valence-electron chi connectivity index (χ4n) is 3.26. The number of carbonyl (C=O) groups is 5. The van der Waals surface area contributed by atoms with Crippen LogP contribution in [0, 0.1) is 6.92 Å². The maximum absolute atomic E-state index is 13.0. The average Bonchev–Trinajstić information content (AvgIpc) is 2.83. The summed E-state index contributed by atoms with van der Waals surface area (Å²) in [5, 5.41) is 24.0. The van der Waals surface area contributed by atoms with Crippen LogP contribution in [-0.2, 0) is 0 Å². The van der Waals surface area contributed by atoms with Crippen LogP contribution in [0.5, 0.6) is 0 Å². The van der Waals surface area contributed by atoms with Crippen LogP contribution in [0.1, 0.15) is 85.2 Å². The zero-order chi connectivity index (χ0) is 25.0. The molecule has 196 valence electrons. The number of benzene rings is 3. The predicted octanol–water partition coefficient (Wildman–Crippen LogP) is 5.14. The van der Waals surface area contributed by atoms with Gasteiger partial charge in [-0.3, -0.25) is 14.4 Å². The molecule has 3 aromatic carbocycles. The number of hydrogen-bond acceptors (Lipinski definition) is 5. The lowest BCUT2D eigenvalue weighted by atomic mass is 9.95. The fraction of sp³-hybridized carbons (Fsp3) is 0.179. The lowest BCUT2D eigenvalue weighted by Crippen LogP contribution is -2.21. The van der Waals surface area contributed by atoms with Crippen molar-refractivity contribution in [3.8, 4) is 0 Å². The molecule has 0 heterocycles. The fourth-order valence-corrected chi connectivity index (χ4v) is 3.26. The zero-order valence-corrected chi connectivity index (χ0v) is 18.2. The van der Waals surface area contributed by atoms with Gasteiger partial charge >= 0.3 is 11.9 Å². The lowest BCUT2D eigenvalue weighted by Gasteiger charge is -2.11. The van der Waals surface area contributed by atoms with Crippen molar-refractivity contribution in [2.45, 2.75) is 29.2 Å². The molecular formula is C28H32N2O7. The molecule has 2 amide bonds. The van der Waals surface area contributed by atoms with Crippen LogP contribution in [0.15, 0.2) is 60.7 Å².